The van der Waals surface area contributed by atoms with Crippen molar-refractivity contribution in [2.24, 2.45) is 5.92 Å². The van der Waals surface area contributed by atoms with E-state index in [9.17, 15) is 9.90 Å². The molecule has 0 saturated heterocycles. The molecule has 22 heavy (non-hydrogen) atoms. The number of aliphatic hydroxyl groups excluding tert-OH is 1. The summed E-state index contributed by atoms with van der Waals surface area (Å²) < 4.78 is 1.84. The molecule has 5 heteroatoms. The average Bonchev–Trinajstić information content (AvgIpc) is 2.91. The van der Waals surface area contributed by atoms with Crippen LogP contribution in [0.1, 0.15) is 41.7 Å². The van der Waals surface area contributed by atoms with Gasteiger partial charge in [0, 0.05) is 25.7 Å². The predicted molar refractivity (Wildman–Crippen MR) is 84.9 cm³/mol. The van der Waals surface area contributed by atoms with E-state index in [4.69, 9.17) is 0 Å². The molecule has 0 aromatic carbocycles. The largest absolute Gasteiger partial charge is 0.393 e. The summed E-state index contributed by atoms with van der Waals surface area (Å²) in [5.41, 5.74) is 2.44. The van der Waals surface area contributed by atoms with E-state index in [1.165, 1.54) is 0 Å². The average molecular weight is 301 g/mol. The SMILES string of the molecule is Cc1ccc2ncc(C(=O)N(C)CC3CCCCC3O)n2c1. The van der Waals surface area contributed by atoms with Crippen molar-refractivity contribution in [2.75, 3.05) is 13.6 Å². The Balaban J connectivity index is 1.78. The van der Waals surface area contributed by atoms with E-state index in [0.29, 0.717) is 12.2 Å². The third kappa shape index (κ3) is 2.86. The van der Waals surface area contributed by atoms with Crippen molar-refractivity contribution in [3.8, 4) is 0 Å². The van der Waals surface area contributed by atoms with Gasteiger partial charge in [-0.05, 0) is 31.4 Å². The quantitative estimate of drug-likeness (QED) is 0.946. The summed E-state index contributed by atoms with van der Waals surface area (Å²) in [5.74, 6) is 0.138. The van der Waals surface area contributed by atoms with Crippen LogP contribution in [0.15, 0.2) is 24.5 Å². The monoisotopic (exact) mass is 301 g/mol. The normalized spacial score (nSPS) is 22.0. The summed E-state index contributed by atoms with van der Waals surface area (Å²) in [4.78, 5) is 18.7. The number of amides is 1. The van der Waals surface area contributed by atoms with Crippen LogP contribution < -0.4 is 0 Å². The third-order valence-corrected chi connectivity index (χ3v) is 4.60. The number of rotatable bonds is 3. The summed E-state index contributed by atoms with van der Waals surface area (Å²) >= 11 is 0. The summed E-state index contributed by atoms with van der Waals surface area (Å²) in [6, 6.07) is 3.90. The number of carbonyl (C=O) groups excluding carboxylic acids is 1. The molecule has 3 rings (SSSR count). The Morgan fingerprint density at radius 1 is 1.41 bits per heavy atom. The molecule has 1 N–H and O–H groups in total. The minimum atomic E-state index is -0.284. The Morgan fingerprint density at radius 2 is 2.18 bits per heavy atom. The van der Waals surface area contributed by atoms with Gasteiger partial charge in [0.2, 0.25) is 0 Å². The maximum atomic E-state index is 12.7. The minimum absolute atomic E-state index is 0.0455. The van der Waals surface area contributed by atoms with Crippen LogP contribution in [0.25, 0.3) is 5.65 Å². The van der Waals surface area contributed by atoms with E-state index >= 15 is 0 Å². The van der Waals surface area contributed by atoms with E-state index < -0.39 is 0 Å². The molecule has 1 amide bonds. The zero-order valence-electron chi connectivity index (χ0n) is 13.2. The standard InChI is InChI=1S/C17H23N3O2/c1-12-7-8-16-18-9-14(20(16)10-12)17(22)19(2)11-13-5-3-4-6-15(13)21/h7-10,13,15,21H,3-6,11H2,1-2H3. The van der Waals surface area contributed by atoms with Gasteiger partial charge in [0.15, 0.2) is 0 Å². The fraction of sp³-hybridized carbons (Fsp3) is 0.529. The molecule has 2 heterocycles. The molecule has 0 aliphatic heterocycles. The van der Waals surface area contributed by atoms with Gasteiger partial charge in [-0.1, -0.05) is 18.9 Å². The van der Waals surface area contributed by atoms with Crippen molar-refractivity contribution in [3.63, 3.8) is 0 Å². The van der Waals surface area contributed by atoms with Crippen LogP contribution >= 0.6 is 0 Å². The molecule has 2 unspecified atom stereocenters. The van der Waals surface area contributed by atoms with Gasteiger partial charge in [-0.2, -0.15) is 0 Å². The summed E-state index contributed by atoms with van der Waals surface area (Å²) in [7, 11) is 1.80. The molecule has 0 radical (unpaired) electrons. The van der Waals surface area contributed by atoms with Crippen LogP contribution in [-0.4, -0.2) is 45.0 Å². The molecule has 1 fully saturated rings. The number of nitrogens with zero attached hydrogens (tertiary/aromatic N) is 3. The molecule has 2 atom stereocenters. The molecule has 1 saturated carbocycles. The molecular formula is C17H23N3O2. The van der Waals surface area contributed by atoms with Crippen molar-refractivity contribution < 1.29 is 9.90 Å². The number of pyridine rings is 1. The van der Waals surface area contributed by atoms with Gasteiger partial charge in [-0.15, -0.1) is 0 Å². The number of hydrogen-bond acceptors (Lipinski definition) is 3. The highest BCUT2D eigenvalue weighted by atomic mass is 16.3. The molecule has 0 bridgehead atoms. The molecule has 2 aromatic rings. The van der Waals surface area contributed by atoms with Gasteiger partial charge in [0.1, 0.15) is 11.3 Å². The van der Waals surface area contributed by atoms with Crippen LogP contribution in [0, 0.1) is 12.8 Å². The summed E-state index contributed by atoms with van der Waals surface area (Å²) in [6.45, 7) is 2.59. The maximum Gasteiger partial charge on any atom is 0.272 e. The number of carbonyl (C=O) groups is 1. The van der Waals surface area contributed by atoms with Crippen LogP contribution in [0.5, 0.6) is 0 Å². The Hall–Kier alpha value is -1.88. The summed E-state index contributed by atoms with van der Waals surface area (Å²) in [5, 5.41) is 10.1. The molecule has 2 aromatic heterocycles. The fourth-order valence-electron chi connectivity index (χ4n) is 3.28. The number of aliphatic hydroxyl groups is 1. The van der Waals surface area contributed by atoms with Crippen LogP contribution in [-0.2, 0) is 0 Å². The lowest BCUT2D eigenvalue weighted by Gasteiger charge is -2.31. The lowest BCUT2D eigenvalue weighted by molar-refractivity contribution is 0.0448. The third-order valence-electron chi connectivity index (χ3n) is 4.60. The fourth-order valence-corrected chi connectivity index (χ4v) is 3.28. The van der Waals surface area contributed by atoms with E-state index in [-0.39, 0.29) is 17.9 Å². The van der Waals surface area contributed by atoms with E-state index in [1.54, 1.807) is 18.1 Å². The zero-order chi connectivity index (χ0) is 15.7. The highest BCUT2D eigenvalue weighted by Crippen LogP contribution is 2.25. The Kier molecular flexibility index (Phi) is 4.16. The van der Waals surface area contributed by atoms with Crippen LogP contribution in [0.3, 0.4) is 0 Å². The Morgan fingerprint density at radius 3 is 2.95 bits per heavy atom. The second-order valence-corrected chi connectivity index (χ2v) is 6.38. The van der Waals surface area contributed by atoms with E-state index in [2.05, 4.69) is 4.98 Å². The Labute approximate surface area is 130 Å². The highest BCUT2D eigenvalue weighted by Gasteiger charge is 2.26. The number of aromatic nitrogens is 2. The van der Waals surface area contributed by atoms with E-state index in [1.807, 2.05) is 29.7 Å². The number of aryl methyl sites for hydroxylation is 1. The molecule has 0 spiro atoms. The van der Waals surface area contributed by atoms with Crippen LogP contribution in [0.4, 0.5) is 0 Å². The first kappa shape index (κ1) is 15.0. The van der Waals surface area contributed by atoms with Gasteiger partial charge in [-0.3, -0.25) is 9.20 Å². The molecule has 5 nitrogen and oxygen atoms in total. The number of fused-ring (bicyclic) bond motifs is 1. The van der Waals surface area contributed by atoms with E-state index in [0.717, 1.165) is 36.9 Å². The second kappa shape index (κ2) is 6.08. The first-order chi connectivity index (χ1) is 10.6. The topological polar surface area (TPSA) is 57.8 Å². The Bertz CT molecular complexity index is 680. The lowest BCUT2D eigenvalue weighted by Crippen LogP contribution is -2.38. The highest BCUT2D eigenvalue weighted by molar-refractivity contribution is 5.93. The number of imidazole rings is 1. The zero-order valence-corrected chi connectivity index (χ0v) is 13.2. The molecule has 1 aliphatic carbocycles. The lowest BCUT2D eigenvalue weighted by atomic mass is 9.86. The minimum Gasteiger partial charge on any atom is -0.393 e. The van der Waals surface area contributed by atoms with Crippen molar-refractivity contribution in [3.05, 3.63) is 35.8 Å². The van der Waals surface area contributed by atoms with Gasteiger partial charge in [-0.25, -0.2) is 4.98 Å². The second-order valence-electron chi connectivity index (χ2n) is 6.38. The van der Waals surface area contributed by atoms with Crippen molar-refractivity contribution in [2.45, 2.75) is 38.7 Å². The van der Waals surface area contributed by atoms with Gasteiger partial charge in [0.25, 0.3) is 5.91 Å². The molecular weight excluding hydrogens is 278 g/mol. The van der Waals surface area contributed by atoms with Crippen molar-refractivity contribution in [1.29, 1.82) is 0 Å². The molecule has 118 valence electrons. The van der Waals surface area contributed by atoms with Crippen molar-refractivity contribution >= 4 is 11.6 Å². The van der Waals surface area contributed by atoms with Gasteiger partial charge < -0.3 is 10.0 Å². The van der Waals surface area contributed by atoms with Gasteiger partial charge >= 0.3 is 0 Å². The first-order valence-electron chi connectivity index (χ1n) is 7.93. The maximum absolute atomic E-state index is 12.7. The smallest absolute Gasteiger partial charge is 0.272 e. The van der Waals surface area contributed by atoms with Crippen LogP contribution in [0.2, 0.25) is 0 Å². The summed E-state index contributed by atoms with van der Waals surface area (Å²) in [6.07, 6.45) is 7.34. The van der Waals surface area contributed by atoms with Crippen molar-refractivity contribution in [1.82, 2.24) is 14.3 Å². The predicted octanol–water partition coefficient (Wildman–Crippen LogP) is 2.27. The molecule has 1 aliphatic rings. The number of hydrogen-bond donors (Lipinski definition) is 1. The first-order valence-corrected chi connectivity index (χ1v) is 7.93. The van der Waals surface area contributed by atoms with Gasteiger partial charge in [0.05, 0.1) is 12.3 Å².